The van der Waals surface area contributed by atoms with Gasteiger partial charge in [0, 0.05) is 38.2 Å². The van der Waals surface area contributed by atoms with Crippen molar-refractivity contribution in [3.05, 3.63) is 46.7 Å². The third-order valence-electron chi connectivity index (χ3n) is 6.29. The maximum absolute atomic E-state index is 12.4. The minimum absolute atomic E-state index is 0.122. The fourth-order valence-electron chi connectivity index (χ4n) is 4.25. The van der Waals surface area contributed by atoms with E-state index in [-0.39, 0.29) is 12.0 Å². The van der Waals surface area contributed by atoms with Crippen LogP contribution >= 0.6 is 11.3 Å². The van der Waals surface area contributed by atoms with E-state index in [1.807, 2.05) is 24.2 Å². The molecular formula is C24H29N7O4S. The van der Waals surface area contributed by atoms with Gasteiger partial charge >= 0.3 is 0 Å². The van der Waals surface area contributed by atoms with Crippen molar-refractivity contribution in [3.63, 3.8) is 0 Å². The fraction of sp³-hybridized carbons (Fsp3) is 0.417. The molecule has 0 aliphatic carbocycles. The Hall–Kier alpha value is -3.32. The first kappa shape index (κ1) is 24.4. The average Bonchev–Trinajstić information content (AvgIpc) is 3.44. The Labute approximate surface area is 212 Å². The molecular weight excluding hydrogens is 482 g/mol. The molecule has 1 unspecified atom stereocenters. The summed E-state index contributed by atoms with van der Waals surface area (Å²) in [6.07, 6.45) is 7.90. The zero-order chi connectivity index (χ0) is 25.2. The highest BCUT2D eigenvalue weighted by molar-refractivity contribution is 7.18. The maximum Gasteiger partial charge on any atom is 0.238 e. The number of hydrogen-bond acceptors (Lipinski definition) is 10. The SMILES string of the molecule is COC1=C(c2cn3ncc(C(O)Nc4cc(NC(=O)CN5CC(OC)C5)cnc4C)c3s2)CCC=N1. The summed E-state index contributed by atoms with van der Waals surface area (Å²) in [5.41, 5.74) is 3.54. The summed E-state index contributed by atoms with van der Waals surface area (Å²) in [5.74, 6) is 0.488. The molecule has 0 aromatic carbocycles. The molecule has 1 fully saturated rings. The monoisotopic (exact) mass is 511 g/mol. The largest absolute Gasteiger partial charge is 0.481 e. The van der Waals surface area contributed by atoms with E-state index in [0.717, 1.165) is 41.2 Å². The summed E-state index contributed by atoms with van der Waals surface area (Å²) in [5, 5.41) is 21.4. The summed E-state index contributed by atoms with van der Waals surface area (Å²) in [4.78, 5) is 25.0. The summed E-state index contributed by atoms with van der Waals surface area (Å²) >= 11 is 1.53. The van der Waals surface area contributed by atoms with Gasteiger partial charge in [-0.25, -0.2) is 9.51 Å². The molecule has 5 heterocycles. The van der Waals surface area contributed by atoms with Crippen molar-refractivity contribution in [1.82, 2.24) is 19.5 Å². The van der Waals surface area contributed by atoms with E-state index in [9.17, 15) is 9.90 Å². The van der Waals surface area contributed by atoms with Crippen molar-refractivity contribution in [2.24, 2.45) is 4.99 Å². The Morgan fingerprint density at radius 2 is 2.17 bits per heavy atom. The number of likely N-dealkylation sites (tertiary alicyclic amines) is 1. The molecule has 3 N–H and O–H groups in total. The molecule has 3 aromatic heterocycles. The second-order valence-electron chi connectivity index (χ2n) is 8.79. The van der Waals surface area contributed by atoms with Crippen molar-refractivity contribution < 1.29 is 19.4 Å². The summed E-state index contributed by atoms with van der Waals surface area (Å²) in [6.45, 7) is 3.62. The number of pyridine rings is 1. The van der Waals surface area contributed by atoms with Gasteiger partial charge in [-0.1, -0.05) is 0 Å². The van der Waals surface area contributed by atoms with Crippen LogP contribution in [0.15, 0.2) is 35.5 Å². The molecule has 2 aliphatic rings. The van der Waals surface area contributed by atoms with Gasteiger partial charge in [0.15, 0.2) is 6.23 Å². The molecule has 3 aromatic rings. The molecule has 36 heavy (non-hydrogen) atoms. The van der Waals surface area contributed by atoms with Gasteiger partial charge in [0.05, 0.1) is 59.7 Å². The van der Waals surface area contributed by atoms with Gasteiger partial charge in [-0.05, 0) is 25.8 Å². The minimum atomic E-state index is -1.02. The van der Waals surface area contributed by atoms with Gasteiger partial charge in [-0.3, -0.25) is 14.7 Å². The number of aliphatic imine (C=N–C) groups is 1. The number of nitrogens with zero attached hydrogens (tertiary/aromatic N) is 5. The van der Waals surface area contributed by atoms with Gasteiger partial charge in [-0.2, -0.15) is 5.10 Å². The lowest BCUT2D eigenvalue weighted by Gasteiger charge is -2.37. The molecule has 0 saturated carbocycles. The lowest BCUT2D eigenvalue weighted by Crippen LogP contribution is -2.53. The summed E-state index contributed by atoms with van der Waals surface area (Å²) in [6, 6.07) is 1.77. The Morgan fingerprint density at radius 3 is 2.94 bits per heavy atom. The summed E-state index contributed by atoms with van der Waals surface area (Å²) in [7, 11) is 3.29. The van der Waals surface area contributed by atoms with Crippen LogP contribution in [0.4, 0.5) is 11.4 Å². The van der Waals surface area contributed by atoms with Crippen LogP contribution in [0.5, 0.6) is 0 Å². The molecule has 2 aliphatic heterocycles. The average molecular weight is 512 g/mol. The number of aliphatic hydroxyl groups excluding tert-OH is 1. The van der Waals surface area contributed by atoms with E-state index in [4.69, 9.17) is 9.47 Å². The van der Waals surface area contributed by atoms with E-state index >= 15 is 0 Å². The summed E-state index contributed by atoms with van der Waals surface area (Å²) < 4.78 is 12.4. The lowest BCUT2D eigenvalue weighted by molar-refractivity contribution is -0.120. The third kappa shape index (κ3) is 4.98. The highest BCUT2D eigenvalue weighted by Gasteiger charge is 2.28. The second-order valence-corrected chi connectivity index (χ2v) is 9.82. The van der Waals surface area contributed by atoms with E-state index < -0.39 is 6.23 Å². The Bertz CT molecular complexity index is 1330. The molecule has 12 heteroatoms. The molecule has 5 rings (SSSR count). The van der Waals surface area contributed by atoms with Gasteiger partial charge in [0.25, 0.3) is 0 Å². The number of thiazole rings is 1. The quantitative estimate of drug-likeness (QED) is 0.375. The zero-order valence-electron chi connectivity index (χ0n) is 20.4. The maximum atomic E-state index is 12.4. The molecule has 11 nitrogen and oxygen atoms in total. The number of aromatic nitrogens is 3. The number of carbonyl (C=O) groups excluding carboxylic acids is 1. The third-order valence-corrected chi connectivity index (χ3v) is 7.47. The second kappa shape index (κ2) is 10.3. The number of hydrogen-bond donors (Lipinski definition) is 3. The highest BCUT2D eigenvalue weighted by Crippen LogP contribution is 2.35. The molecule has 190 valence electrons. The normalized spacial score (nSPS) is 17.3. The van der Waals surface area contributed by atoms with E-state index in [0.29, 0.717) is 35.1 Å². The number of ether oxygens (including phenoxy) is 2. The van der Waals surface area contributed by atoms with Crippen LogP contribution in [0.25, 0.3) is 10.4 Å². The van der Waals surface area contributed by atoms with Gasteiger partial charge in [0.1, 0.15) is 4.83 Å². The van der Waals surface area contributed by atoms with Crippen molar-refractivity contribution in [3.8, 4) is 0 Å². The van der Waals surface area contributed by atoms with Crippen molar-refractivity contribution in [2.45, 2.75) is 32.1 Å². The van der Waals surface area contributed by atoms with Gasteiger partial charge < -0.3 is 25.2 Å². The van der Waals surface area contributed by atoms with Crippen LogP contribution in [0.1, 0.15) is 35.2 Å². The number of anilines is 2. The number of fused-ring (bicyclic) bond motifs is 1. The highest BCUT2D eigenvalue weighted by atomic mass is 32.1. The fourth-order valence-corrected chi connectivity index (χ4v) is 5.40. The van der Waals surface area contributed by atoms with Crippen LogP contribution in [-0.2, 0) is 14.3 Å². The van der Waals surface area contributed by atoms with Crippen LogP contribution in [0, 0.1) is 6.92 Å². The van der Waals surface area contributed by atoms with Crippen LogP contribution in [0.2, 0.25) is 0 Å². The standard InChI is InChI=1S/C24H29N7O4S/c1-14-19(7-15(8-26-14)28-21(32)13-30-10-16(11-30)34-2)29-22(33)18-9-27-31-12-20(36-24(18)31)17-5-4-6-25-23(17)35-3/h6-9,12,16,22,29,33H,4-5,10-11,13H2,1-3H3,(H,28,32). The number of rotatable bonds is 9. The number of methoxy groups -OCH3 is 2. The molecule has 1 amide bonds. The Kier molecular flexibility index (Phi) is 7.01. The number of aliphatic hydroxyl groups is 1. The van der Waals surface area contributed by atoms with Crippen molar-refractivity contribution in [2.75, 3.05) is 44.5 Å². The van der Waals surface area contributed by atoms with Gasteiger partial charge in [0.2, 0.25) is 11.8 Å². The van der Waals surface area contributed by atoms with Gasteiger partial charge in [-0.15, -0.1) is 11.3 Å². The van der Waals surface area contributed by atoms with Crippen molar-refractivity contribution in [1.29, 1.82) is 0 Å². The van der Waals surface area contributed by atoms with Crippen LogP contribution < -0.4 is 10.6 Å². The number of aryl methyl sites for hydroxylation is 1. The minimum Gasteiger partial charge on any atom is -0.481 e. The first-order valence-electron chi connectivity index (χ1n) is 11.7. The van der Waals surface area contributed by atoms with E-state index in [1.54, 1.807) is 37.2 Å². The Morgan fingerprint density at radius 1 is 1.33 bits per heavy atom. The molecule has 0 spiro atoms. The zero-order valence-corrected chi connectivity index (χ0v) is 21.2. The number of carbonyl (C=O) groups is 1. The van der Waals surface area contributed by atoms with E-state index in [2.05, 4.69) is 25.7 Å². The molecule has 1 atom stereocenters. The number of allylic oxidation sites excluding steroid dienone is 1. The van der Waals surface area contributed by atoms with E-state index in [1.165, 1.54) is 11.3 Å². The Balaban J connectivity index is 1.29. The first-order chi connectivity index (χ1) is 17.4. The number of amides is 1. The number of nitrogens with one attached hydrogen (secondary N) is 2. The smallest absolute Gasteiger partial charge is 0.238 e. The predicted molar refractivity (Wildman–Crippen MR) is 138 cm³/mol. The van der Waals surface area contributed by atoms with Crippen LogP contribution in [-0.4, -0.2) is 76.7 Å². The first-order valence-corrected chi connectivity index (χ1v) is 12.5. The molecule has 0 radical (unpaired) electrons. The molecule has 1 saturated heterocycles. The van der Waals surface area contributed by atoms with Crippen LogP contribution in [0.3, 0.4) is 0 Å². The van der Waals surface area contributed by atoms with Crippen molar-refractivity contribution >= 4 is 45.2 Å². The molecule has 0 bridgehead atoms. The topological polar surface area (TPSA) is 126 Å². The predicted octanol–water partition coefficient (Wildman–Crippen LogP) is 2.65. The lowest BCUT2D eigenvalue weighted by atomic mass is 10.1.